The predicted molar refractivity (Wildman–Crippen MR) is 65.8 cm³/mol. The van der Waals surface area contributed by atoms with Crippen molar-refractivity contribution in [1.29, 1.82) is 0 Å². The number of hydrogen-bond acceptors (Lipinski definition) is 3. The van der Waals surface area contributed by atoms with Gasteiger partial charge in [0.15, 0.2) is 11.5 Å². The zero-order valence-electron chi connectivity index (χ0n) is 10.3. The summed E-state index contributed by atoms with van der Waals surface area (Å²) in [5, 5.41) is 9.95. The summed E-state index contributed by atoms with van der Waals surface area (Å²) >= 11 is 0. The maximum atomic E-state index is 9.95. The molecule has 0 aromatic heterocycles. The van der Waals surface area contributed by atoms with Crippen LogP contribution in [-0.4, -0.2) is 11.7 Å². The van der Waals surface area contributed by atoms with Crippen molar-refractivity contribution in [1.82, 2.24) is 0 Å². The molecule has 0 fully saturated rings. The number of hydrogen-bond donors (Lipinski definition) is 2. The SMILES string of the molecule is CCCCOc1ccc(C(C)N)c(C)c1O. The smallest absolute Gasteiger partial charge is 0.161 e. The molecule has 0 spiro atoms. The van der Waals surface area contributed by atoms with Crippen LogP contribution in [0.2, 0.25) is 0 Å². The Morgan fingerprint density at radius 1 is 1.44 bits per heavy atom. The van der Waals surface area contributed by atoms with E-state index < -0.39 is 0 Å². The van der Waals surface area contributed by atoms with Crippen molar-refractivity contribution in [2.24, 2.45) is 5.73 Å². The van der Waals surface area contributed by atoms with Gasteiger partial charge in [0.05, 0.1) is 6.61 Å². The Morgan fingerprint density at radius 3 is 2.69 bits per heavy atom. The molecule has 0 heterocycles. The Morgan fingerprint density at radius 2 is 2.12 bits per heavy atom. The van der Waals surface area contributed by atoms with Crippen molar-refractivity contribution in [3.63, 3.8) is 0 Å². The number of phenols is 1. The molecule has 3 heteroatoms. The van der Waals surface area contributed by atoms with Gasteiger partial charge in [-0.25, -0.2) is 0 Å². The van der Waals surface area contributed by atoms with Crippen molar-refractivity contribution in [2.45, 2.75) is 39.7 Å². The maximum Gasteiger partial charge on any atom is 0.161 e. The highest BCUT2D eigenvalue weighted by molar-refractivity contribution is 5.49. The van der Waals surface area contributed by atoms with E-state index in [1.54, 1.807) is 6.07 Å². The molecule has 0 radical (unpaired) electrons. The first-order chi connectivity index (χ1) is 7.57. The molecule has 16 heavy (non-hydrogen) atoms. The first kappa shape index (κ1) is 12.8. The fourth-order valence-corrected chi connectivity index (χ4v) is 1.63. The summed E-state index contributed by atoms with van der Waals surface area (Å²) in [4.78, 5) is 0. The van der Waals surface area contributed by atoms with Gasteiger partial charge in [-0.05, 0) is 37.5 Å². The van der Waals surface area contributed by atoms with Crippen LogP contribution < -0.4 is 10.5 Å². The number of benzene rings is 1. The minimum absolute atomic E-state index is 0.0735. The van der Waals surface area contributed by atoms with Gasteiger partial charge in [0, 0.05) is 6.04 Å². The Balaban J connectivity index is 2.85. The van der Waals surface area contributed by atoms with Crippen molar-refractivity contribution in [3.8, 4) is 11.5 Å². The molecule has 0 aliphatic carbocycles. The molecule has 1 aromatic carbocycles. The summed E-state index contributed by atoms with van der Waals surface area (Å²) in [6.45, 7) is 6.51. The summed E-state index contributed by atoms with van der Waals surface area (Å²) in [7, 11) is 0. The molecule has 0 bridgehead atoms. The van der Waals surface area contributed by atoms with E-state index in [9.17, 15) is 5.11 Å². The molecule has 90 valence electrons. The van der Waals surface area contributed by atoms with Crippen LogP contribution in [0, 0.1) is 6.92 Å². The van der Waals surface area contributed by atoms with E-state index in [1.807, 2.05) is 19.9 Å². The first-order valence-corrected chi connectivity index (χ1v) is 5.78. The first-order valence-electron chi connectivity index (χ1n) is 5.78. The third kappa shape index (κ3) is 2.89. The maximum absolute atomic E-state index is 9.95. The lowest BCUT2D eigenvalue weighted by Gasteiger charge is -2.14. The highest BCUT2D eigenvalue weighted by Crippen LogP contribution is 2.33. The summed E-state index contributed by atoms with van der Waals surface area (Å²) < 4.78 is 5.50. The largest absolute Gasteiger partial charge is 0.504 e. The third-order valence-electron chi connectivity index (χ3n) is 2.68. The Kier molecular flexibility index (Phi) is 4.62. The lowest BCUT2D eigenvalue weighted by atomic mass is 10.0. The van der Waals surface area contributed by atoms with Gasteiger partial charge in [-0.3, -0.25) is 0 Å². The van der Waals surface area contributed by atoms with E-state index in [4.69, 9.17) is 10.5 Å². The van der Waals surface area contributed by atoms with E-state index in [-0.39, 0.29) is 11.8 Å². The van der Waals surface area contributed by atoms with Gasteiger partial charge >= 0.3 is 0 Å². The molecular formula is C13H21NO2. The zero-order valence-corrected chi connectivity index (χ0v) is 10.3. The Labute approximate surface area is 97.2 Å². The monoisotopic (exact) mass is 223 g/mol. The predicted octanol–water partition coefficient (Wildman–Crippen LogP) is 2.90. The molecule has 0 aliphatic rings. The molecule has 0 saturated carbocycles. The molecule has 3 N–H and O–H groups in total. The number of aromatic hydroxyl groups is 1. The Hall–Kier alpha value is -1.22. The average Bonchev–Trinajstić information content (AvgIpc) is 2.24. The normalized spacial score (nSPS) is 12.5. The second-order valence-electron chi connectivity index (χ2n) is 4.12. The number of unbranched alkanes of at least 4 members (excludes halogenated alkanes) is 1. The van der Waals surface area contributed by atoms with E-state index in [0.29, 0.717) is 12.4 Å². The van der Waals surface area contributed by atoms with Crippen LogP contribution in [0.25, 0.3) is 0 Å². The molecule has 1 rings (SSSR count). The lowest BCUT2D eigenvalue weighted by Crippen LogP contribution is -2.07. The van der Waals surface area contributed by atoms with Crippen LogP contribution in [0.15, 0.2) is 12.1 Å². The van der Waals surface area contributed by atoms with Crippen molar-refractivity contribution < 1.29 is 9.84 Å². The number of phenolic OH excluding ortho intramolecular Hbond substituents is 1. The molecule has 1 atom stereocenters. The number of ether oxygens (including phenoxy) is 1. The van der Waals surface area contributed by atoms with Crippen LogP contribution in [-0.2, 0) is 0 Å². The van der Waals surface area contributed by atoms with Gasteiger partial charge in [-0.1, -0.05) is 19.4 Å². The van der Waals surface area contributed by atoms with Gasteiger partial charge < -0.3 is 15.6 Å². The van der Waals surface area contributed by atoms with E-state index >= 15 is 0 Å². The van der Waals surface area contributed by atoms with Gasteiger partial charge in [0.1, 0.15) is 0 Å². The fourth-order valence-electron chi connectivity index (χ4n) is 1.63. The van der Waals surface area contributed by atoms with Gasteiger partial charge in [-0.15, -0.1) is 0 Å². The van der Waals surface area contributed by atoms with Crippen molar-refractivity contribution in [3.05, 3.63) is 23.3 Å². The van der Waals surface area contributed by atoms with Crippen LogP contribution in [0.5, 0.6) is 11.5 Å². The van der Waals surface area contributed by atoms with Crippen LogP contribution in [0.4, 0.5) is 0 Å². The fraction of sp³-hybridized carbons (Fsp3) is 0.538. The van der Waals surface area contributed by atoms with Crippen molar-refractivity contribution >= 4 is 0 Å². The van der Waals surface area contributed by atoms with Crippen LogP contribution in [0.1, 0.15) is 43.9 Å². The highest BCUT2D eigenvalue weighted by atomic mass is 16.5. The number of rotatable bonds is 5. The second kappa shape index (κ2) is 5.75. The van der Waals surface area contributed by atoms with Crippen molar-refractivity contribution in [2.75, 3.05) is 6.61 Å². The molecule has 1 aromatic rings. The molecule has 0 amide bonds. The summed E-state index contributed by atoms with van der Waals surface area (Å²) in [6, 6.07) is 3.63. The van der Waals surface area contributed by atoms with Crippen LogP contribution >= 0.6 is 0 Å². The van der Waals surface area contributed by atoms with E-state index in [1.165, 1.54) is 0 Å². The van der Waals surface area contributed by atoms with Gasteiger partial charge in [0.2, 0.25) is 0 Å². The topological polar surface area (TPSA) is 55.5 Å². The van der Waals surface area contributed by atoms with Crippen LogP contribution in [0.3, 0.4) is 0 Å². The molecule has 0 saturated heterocycles. The summed E-state index contributed by atoms with van der Waals surface area (Å²) in [5.74, 6) is 0.765. The third-order valence-corrected chi connectivity index (χ3v) is 2.68. The highest BCUT2D eigenvalue weighted by Gasteiger charge is 2.12. The second-order valence-corrected chi connectivity index (χ2v) is 4.12. The summed E-state index contributed by atoms with van der Waals surface area (Å²) in [5.41, 5.74) is 7.57. The molecule has 0 aliphatic heterocycles. The molecule has 3 nitrogen and oxygen atoms in total. The van der Waals surface area contributed by atoms with E-state index in [2.05, 4.69) is 6.92 Å². The zero-order chi connectivity index (χ0) is 12.1. The van der Waals surface area contributed by atoms with E-state index in [0.717, 1.165) is 24.0 Å². The van der Waals surface area contributed by atoms with Gasteiger partial charge in [-0.2, -0.15) is 0 Å². The average molecular weight is 223 g/mol. The quantitative estimate of drug-likeness (QED) is 0.755. The Bertz CT molecular complexity index is 348. The summed E-state index contributed by atoms with van der Waals surface area (Å²) in [6.07, 6.45) is 2.07. The molecule has 1 unspecified atom stereocenters. The lowest BCUT2D eigenvalue weighted by molar-refractivity contribution is 0.292. The minimum atomic E-state index is -0.0735. The minimum Gasteiger partial charge on any atom is -0.504 e. The molecular weight excluding hydrogens is 202 g/mol. The standard InChI is InChI=1S/C13H21NO2/c1-4-5-8-16-12-7-6-11(10(3)14)9(2)13(12)15/h6-7,10,15H,4-5,8,14H2,1-3H3. The van der Waals surface area contributed by atoms with Gasteiger partial charge in [0.25, 0.3) is 0 Å². The number of nitrogens with two attached hydrogens (primary N) is 1.